The fourth-order valence-corrected chi connectivity index (χ4v) is 1.61. The molecule has 1 aliphatic carbocycles. The van der Waals surface area contributed by atoms with E-state index < -0.39 is 11.7 Å². The van der Waals surface area contributed by atoms with Crippen molar-refractivity contribution in [3.8, 4) is 0 Å². The van der Waals surface area contributed by atoms with Crippen molar-refractivity contribution < 1.29 is 19.1 Å². The van der Waals surface area contributed by atoms with Crippen LogP contribution in [0.3, 0.4) is 0 Å². The number of hydrogen-bond donors (Lipinski definition) is 1. The van der Waals surface area contributed by atoms with Gasteiger partial charge in [-0.1, -0.05) is 11.6 Å². The summed E-state index contributed by atoms with van der Waals surface area (Å²) in [6.45, 7) is 7.62. The first-order valence-corrected chi connectivity index (χ1v) is 6.15. The standard InChI is InChI=1S/C13H21NO4/c1-5-17-11(15)8-9-6-10(7-9)14-12(16)18-13(2,3)4/h6,10H,5,7-8H2,1-4H3,(H,14,16). The van der Waals surface area contributed by atoms with Crippen LogP contribution in [0.1, 0.15) is 40.5 Å². The van der Waals surface area contributed by atoms with Gasteiger partial charge in [0.25, 0.3) is 0 Å². The molecule has 1 atom stereocenters. The van der Waals surface area contributed by atoms with Crippen molar-refractivity contribution in [1.29, 1.82) is 0 Å². The van der Waals surface area contributed by atoms with Crippen LogP contribution in [0.4, 0.5) is 4.79 Å². The lowest BCUT2D eigenvalue weighted by molar-refractivity contribution is -0.142. The molecule has 0 spiro atoms. The van der Waals surface area contributed by atoms with Crippen LogP contribution >= 0.6 is 0 Å². The SMILES string of the molecule is CCOC(=O)CC1=CC(NC(=O)OC(C)(C)C)C1. The van der Waals surface area contributed by atoms with Gasteiger partial charge in [-0.2, -0.15) is 0 Å². The van der Waals surface area contributed by atoms with E-state index in [0.29, 0.717) is 19.4 Å². The van der Waals surface area contributed by atoms with Crippen molar-refractivity contribution in [2.24, 2.45) is 0 Å². The molecule has 0 aromatic heterocycles. The number of carbonyl (C=O) groups is 2. The van der Waals surface area contributed by atoms with Crippen molar-refractivity contribution in [3.63, 3.8) is 0 Å². The normalized spacial score (nSPS) is 18.4. The first-order valence-electron chi connectivity index (χ1n) is 6.15. The van der Waals surface area contributed by atoms with E-state index in [9.17, 15) is 9.59 Å². The Morgan fingerprint density at radius 3 is 2.56 bits per heavy atom. The van der Waals surface area contributed by atoms with Gasteiger partial charge >= 0.3 is 12.1 Å². The van der Waals surface area contributed by atoms with E-state index in [-0.39, 0.29) is 12.0 Å². The molecule has 0 heterocycles. The predicted molar refractivity (Wildman–Crippen MR) is 67.1 cm³/mol. The van der Waals surface area contributed by atoms with Crippen molar-refractivity contribution in [1.82, 2.24) is 5.32 Å². The third-order valence-electron chi connectivity index (χ3n) is 2.30. The topological polar surface area (TPSA) is 64.6 Å². The molecule has 1 rings (SSSR count). The van der Waals surface area contributed by atoms with Crippen LogP contribution in [0, 0.1) is 0 Å². The molecule has 1 aliphatic rings. The van der Waals surface area contributed by atoms with Gasteiger partial charge in [-0.05, 0) is 34.1 Å². The number of carbonyl (C=O) groups excluding carboxylic acids is 2. The highest BCUT2D eigenvalue weighted by molar-refractivity contribution is 5.73. The van der Waals surface area contributed by atoms with Gasteiger partial charge in [-0.3, -0.25) is 4.79 Å². The molecule has 1 N–H and O–H groups in total. The molecule has 1 unspecified atom stereocenters. The second-order valence-electron chi connectivity index (χ2n) is 5.26. The fourth-order valence-electron chi connectivity index (χ4n) is 1.61. The maximum atomic E-state index is 11.4. The predicted octanol–water partition coefficient (Wildman–Crippen LogP) is 2.16. The Labute approximate surface area is 108 Å². The van der Waals surface area contributed by atoms with Crippen molar-refractivity contribution in [2.45, 2.75) is 52.2 Å². The van der Waals surface area contributed by atoms with Crippen LogP contribution in [0.25, 0.3) is 0 Å². The number of hydrogen-bond acceptors (Lipinski definition) is 4. The molecule has 102 valence electrons. The zero-order valence-corrected chi connectivity index (χ0v) is 11.4. The summed E-state index contributed by atoms with van der Waals surface area (Å²) < 4.78 is 9.97. The van der Waals surface area contributed by atoms with E-state index in [4.69, 9.17) is 9.47 Å². The summed E-state index contributed by atoms with van der Waals surface area (Å²) in [6, 6.07) is -0.0377. The Kier molecular flexibility index (Phi) is 4.76. The van der Waals surface area contributed by atoms with E-state index in [1.165, 1.54) is 0 Å². The average Bonchev–Trinajstić information content (AvgIpc) is 2.11. The molecule has 0 aromatic rings. The summed E-state index contributed by atoms with van der Waals surface area (Å²) in [6.07, 6.45) is 2.41. The summed E-state index contributed by atoms with van der Waals surface area (Å²) in [5.41, 5.74) is 0.500. The van der Waals surface area contributed by atoms with Crippen molar-refractivity contribution >= 4 is 12.1 Å². The highest BCUT2D eigenvalue weighted by atomic mass is 16.6. The van der Waals surface area contributed by atoms with Gasteiger partial charge < -0.3 is 14.8 Å². The Morgan fingerprint density at radius 2 is 2.06 bits per heavy atom. The number of ether oxygens (including phenoxy) is 2. The van der Waals surface area contributed by atoms with E-state index in [0.717, 1.165) is 5.57 Å². The Hall–Kier alpha value is -1.52. The monoisotopic (exact) mass is 255 g/mol. The zero-order valence-electron chi connectivity index (χ0n) is 11.4. The minimum Gasteiger partial charge on any atom is -0.466 e. The highest BCUT2D eigenvalue weighted by Gasteiger charge is 2.25. The van der Waals surface area contributed by atoms with Crippen molar-refractivity contribution in [3.05, 3.63) is 11.6 Å². The molecule has 0 saturated heterocycles. The smallest absolute Gasteiger partial charge is 0.408 e. The Morgan fingerprint density at radius 1 is 1.44 bits per heavy atom. The highest BCUT2D eigenvalue weighted by Crippen LogP contribution is 2.23. The van der Waals surface area contributed by atoms with Crippen LogP contribution in [0.2, 0.25) is 0 Å². The fraction of sp³-hybridized carbons (Fsp3) is 0.692. The van der Waals surface area contributed by atoms with E-state index >= 15 is 0 Å². The van der Waals surface area contributed by atoms with Gasteiger partial charge in [0.05, 0.1) is 19.1 Å². The lowest BCUT2D eigenvalue weighted by atomic mass is 9.91. The first-order chi connectivity index (χ1) is 8.30. The molecule has 0 bridgehead atoms. The molecular weight excluding hydrogens is 234 g/mol. The van der Waals surface area contributed by atoms with Crippen LogP contribution in [0.15, 0.2) is 11.6 Å². The van der Waals surface area contributed by atoms with Crippen LogP contribution in [0.5, 0.6) is 0 Å². The van der Waals surface area contributed by atoms with Crippen LogP contribution in [-0.2, 0) is 14.3 Å². The molecule has 0 fully saturated rings. The quantitative estimate of drug-likeness (QED) is 0.617. The second-order valence-corrected chi connectivity index (χ2v) is 5.26. The lowest BCUT2D eigenvalue weighted by Gasteiger charge is -2.27. The number of esters is 1. The maximum Gasteiger partial charge on any atom is 0.408 e. The summed E-state index contributed by atoms with van der Waals surface area (Å²) >= 11 is 0. The van der Waals surface area contributed by atoms with Gasteiger partial charge in [0.1, 0.15) is 5.60 Å². The minimum atomic E-state index is -0.495. The van der Waals surface area contributed by atoms with Gasteiger partial charge in [-0.15, -0.1) is 0 Å². The van der Waals surface area contributed by atoms with Gasteiger partial charge in [0.2, 0.25) is 0 Å². The number of amides is 1. The van der Waals surface area contributed by atoms with Gasteiger partial charge in [-0.25, -0.2) is 4.79 Å². The van der Waals surface area contributed by atoms with Crippen molar-refractivity contribution in [2.75, 3.05) is 6.61 Å². The minimum absolute atomic E-state index is 0.0377. The Bertz CT molecular complexity index is 354. The molecule has 0 radical (unpaired) electrons. The summed E-state index contributed by atoms with van der Waals surface area (Å²) in [4.78, 5) is 22.6. The maximum absolute atomic E-state index is 11.4. The summed E-state index contributed by atoms with van der Waals surface area (Å²) in [5, 5.41) is 2.72. The zero-order chi connectivity index (χ0) is 13.8. The molecule has 0 aliphatic heterocycles. The number of alkyl carbamates (subject to hydrolysis) is 1. The Balaban J connectivity index is 2.27. The lowest BCUT2D eigenvalue weighted by Crippen LogP contribution is -2.41. The molecule has 5 nitrogen and oxygen atoms in total. The molecular formula is C13H21NO4. The third-order valence-corrected chi connectivity index (χ3v) is 2.30. The third kappa shape index (κ3) is 5.21. The van der Waals surface area contributed by atoms with E-state index in [1.807, 2.05) is 26.8 Å². The molecule has 18 heavy (non-hydrogen) atoms. The van der Waals surface area contributed by atoms with Gasteiger partial charge in [0, 0.05) is 0 Å². The molecule has 1 amide bonds. The largest absolute Gasteiger partial charge is 0.466 e. The molecule has 0 saturated carbocycles. The summed E-state index contributed by atoms with van der Waals surface area (Å²) in [7, 11) is 0. The van der Waals surface area contributed by atoms with Crippen LogP contribution in [-0.4, -0.2) is 30.3 Å². The van der Waals surface area contributed by atoms with E-state index in [2.05, 4.69) is 5.32 Å². The second kappa shape index (κ2) is 5.89. The van der Waals surface area contributed by atoms with E-state index in [1.54, 1.807) is 6.92 Å². The summed E-state index contributed by atoms with van der Waals surface area (Å²) in [5.74, 6) is -0.223. The first kappa shape index (κ1) is 14.5. The average molecular weight is 255 g/mol. The number of rotatable bonds is 4. The molecule has 5 heteroatoms. The number of nitrogens with one attached hydrogen (secondary N) is 1. The molecule has 0 aromatic carbocycles. The van der Waals surface area contributed by atoms with Gasteiger partial charge in [0.15, 0.2) is 0 Å². The van der Waals surface area contributed by atoms with Crippen LogP contribution < -0.4 is 5.32 Å².